The fourth-order valence-corrected chi connectivity index (χ4v) is 2.45. The first kappa shape index (κ1) is 14.1. The van der Waals surface area contributed by atoms with Crippen molar-refractivity contribution < 1.29 is 4.74 Å². The molecule has 2 atom stereocenters. The quantitative estimate of drug-likeness (QED) is 0.904. The average Bonchev–Trinajstić information content (AvgIpc) is 2.38. The Kier molecular flexibility index (Phi) is 4.24. The summed E-state index contributed by atoms with van der Waals surface area (Å²) in [5.74, 6) is 2.28. The van der Waals surface area contributed by atoms with E-state index in [1.165, 1.54) is 0 Å². The van der Waals surface area contributed by atoms with Gasteiger partial charge in [-0.2, -0.15) is 0 Å². The van der Waals surface area contributed by atoms with Crippen LogP contribution in [0, 0.1) is 5.92 Å². The predicted octanol–water partition coefficient (Wildman–Crippen LogP) is 1.75. The molecule has 0 bridgehead atoms. The van der Waals surface area contributed by atoms with E-state index in [2.05, 4.69) is 21.8 Å². The van der Waals surface area contributed by atoms with Crippen molar-refractivity contribution in [2.45, 2.75) is 39.2 Å². The van der Waals surface area contributed by atoms with E-state index in [1.807, 2.05) is 13.8 Å². The van der Waals surface area contributed by atoms with Crippen LogP contribution in [0.1, 0.15) is 38.9 Å². The number of H-pyrrole nitrogens is 1. The van der Waals surface area contributed by atoms with Gasteiger partial charge in [0.05, 0.1) is 6.10 Å². The van der Waals surface area contributed by atoms with E-state index >= 15 is 0 Å². The third-order valence-corrected chi connectivity index (χ3v) is 3.81. The lowest BCUT2D eigenvalue weighted by Gasteiger charge is -2.36. The Labute approximate surface area is 114 Å². The molecule has 0 aromatic carbocycles. The van der Waals surface area contributed by atoms with Gasteiger partial charge in [0.25, 0.3) is 5.56 Å². The molecule has 19 heavy (non-hydrogen) atoms. The maximum absolute atomic E-state index is 11.7. The van der Waals surface area contributed by atoms with Gasteiger partial charge >= 0.3 is 0 Å². The van der Waals surface area contributed by atoms with Crippen LogP contribution in [-0.4, -0.2) is 36.3 Å². The van der Waals surface area contributed by atoms with Crippen LogP contribution in [0.25, 0.3) is 0 Å². The zero-order chi connectivity index (χ0) is 14.0. The molecule has 106 valence electrons. The molecule has 1 aliphatic rings. The Morgan fingerprint density at radius 2 is 2.26 bits per heavy atom. The largest absolute Gasteiger partial charge is 0.379 e. The van der Waals surface area contributed by atoms with E-state index in [-0.39, 0.29) is 17.6 Å². The fraction of sp³-hybridized carbons (Fsp3) is 0.714. The Morgan fingerprint density at radius 1 is 1.53 bits per heavy atom. The van der Waals surface area contributed by atoms with Crippen LogP contribution < -0.4 is 10.5 Å². The number of nitrogens with zero attached hydrogens (tertiary/aromatic N) is 2. The van der Waals surface area contributed by atoms with Gasteiger partial charge < -0.3 is 14.6 Å². The van der Waals surface area contributed by atoms with Crippen LogP contribution in [0.3, 0.4) is 0 Å². The van der Waals surface area contributed by atoms with E-state index in [1.54, 1.807) is 13.2 Å². The minimum atomic E-state index is -0.0821. The summed E-state index contributed by atoms with van der Waals surface area (Å²) in [6, 6.07) is 1.58. The van der Waals surface area contributed by atoms with E-state index < -0.39 is 0 Å². The third kappa shape index (κ3) is 3.15. The van der Waals surface area contributed by atoms with Crippen molar-refractivity contribution in [3.05, 3.63) is 22.2 Å². The summed E-state index contributed by atoms with van der Waals surface area (Å²) in [6.07, 6.45) is 1.27. The second-order valence-corrected chi connectivity index (χ2v) is 5.63. The number of rotatable bonds is 3. The number of anilines is 1. The van der Waals surface area contributed by atoms with Crippen LogP contribution in [-0.2, 0) is 4.74 Å². The molecule has 0 amide bonds. The SMILES string of the molecule is COC1CN(c2cc(=O)[nH]c(C(C)C)n2)CCC1C. The molecule has 0 spiro atoms. The summed E-state index contributed by atoms with van der Waals surface area (Å²) in [4.78, 5) is 21.2. The van der Waals surface area contributed by atoms with Crippen molar-refractivity contribution in [2.75, 3.05) is 25.1 Å². The van der Waals surface area contributed by atoms with Crippen LogP contribution in [0.5, 0.6) is 0 Å². The average molecular weight is 265 g/mol. The minimum Gasteiger partial charge on any atom is -0.379 e. The summed E-state index contributed by atoms with van der Waals surface area (Å²) < 4.78 is 5.51. The molecular weight excluding hydrogens is 242 g/mol. The topological polar surface area (TPSA) is 58.2 Å². The molecule has 0 aliphatic carbocycles. The molecule has 5 nitrogen and oxygen atoms in total. The number of aromatic amines is 1. The number of ether oxygens (including phenoxy) is 1. The van der Waals surface area contributed by atoms with Crippen LogP contribution >= 0.6 is 0 Å². The van der Waals surface area contributed by atoms with E-state index in [0.29, 0.717) is 5.92 Å². The lowest BCUT2D eigenvalue weighted by atomic mass is 9.96. The second-order valence-electron chi connectivity index (χ2n) is 5.63. The van der Waals surface area contributed by atoms with Gasteiger partial charge in [0, 0.05) is 32.2 Å². The molecular formula is C14H23N3O2. The molecule has 1 aliphatic heterocycles. The van der Waals surface area contributed by atoms with Gasteiger partial charge in [0.2, 0.25) is 0 Å². The van der Waals surface area contributed by atoms with E-state index in [4.69, 9.17) is 4.74 Å². The minimum absolute atomic E-state index is 0.0821. The van der Waals surface area contributed by atoms with Crippen LogP contribution in [0.4, 0.5) is 5.82 Å². The summed E-state index contributed by atoms with van der Waals surface area (Å²) in [5.41, 5.74) is -0.0821. The zero-order valence-electron chi connectivity index (χ0n) is 12.1. The molecule has 1 aromatic rings. The van der Waals surface area contributed by atoms with E-state index in [9.17, 15) is 4.79 Å². The normalized spacial score (nSPS) is 23.9. The summed E-state index contributed by atoms with van der Waals surface area (Å²) in [5, 5.41) is 0. The molecule has 0 radical (unpaired) electrons. The first-order valence-corrected chi connectivity index (χ1v) is 6.90. The molecule has 5 heteroatoms. The number of nitrogens with one attached hydrogen (secondary N) is 1. The molecule has 2 heterocycles. The van der Waals surface area contributed by atoms with Gasteiger partial charge in [-0.1, -0.05) is 20.8 Å². The third-order valence-electron chi connectivity index (χ3n) is 3.81. The number of hydrogen-bond donors (Lipinski definition) is 1. The molecule has 1 saturated heterocycles. The van der Waals surface area contributed by atoms with Gasteiger partial charge in [-0.3, -0.25) is 4.79 Å². The van der Waals surface area contributed by atoms with Gasteiger partial charge in [0.1, 0.15) is 11.6 Å². The first-order chi connectivity index (χ1) is 9.01. The molecule has 2 unspecified atom stereocenters. The molecule has 1 fully saturated rings. The summed E-state index contributed by atoms with van der Waals surface area (Å²) >= 11 is 0. The Balaban J connectivity index is 2.24. The monoisotopic (exact) mass is 265 g/mol. The fourth-order valence-electron chi connectivity index (χ4n) is 2.45. The van der Waals surface area contributed by atoms with Gasteiger partial charge in [-0.15, -0.1) is 0 Å². The molecule has 0 saturated carbocycles. The number of piperidine rings is 1. The Hall–Kier alpha value is -1.36. The van der Waals surface area contributed by atoms with Crippen molar-refractivity contribution in [3.63, 3.8) is 0 Å². The lowest BCUT2D eigenvalue weighted by molar-refractivity contribution is 0.0496. The summed E-state index contributed by atoms with van der Waals surface area (Å²) in [6.45, 7) is 7.98. The molecule has 2 rings (SSSR count). The second kappa shape index (κ2) is 5.74. The highest BCUT2D eigenvalue weighted by atomic mass is 16.5. The van der Waals surface area contributed by atoms with Gasteiger partial charge in [0.15, 0.2) is 0 Å². The van der Waals surface area contributed by atoms with Crippen molar-refractivity contribution in [3.8, 4) is 0 Å². The predicted molar refractivity (Wildman–Crippen MR) is 75.7 cm³/mol. The highest BCUT2D eigenvalue weighted by Gasteiger charge is 2.27. The van der Waals surface area contributed by atoms with Crippen LogP contribution in [0.15, 0.2) is 10.9 Å². The van der Waals surface area contributed by atoms with Crippen LogP contribution in [0.2, 0.25) is 0 Å². The standard InChI is InChI=1S/C14H23N3O2/c1-9(2)14-15-12(7-13(18)16-14)17-6-5-10(3)11(8-17)19-4/h7,9-11H,5-6,8H2,1-4H3,(H,15,16,18). The maximum Gasteiger partial charge on any atom is 0.252 e. The van der Waals surface area contributed by atoms with Crippen molar-refractivity contribution >= 4 is 5.82 Å². The molecule has 1 aromatic heterocycles. The van der Waals surface area contributed by atoms with Crippen molar-refractivity contribution in [2.24, 2.45) is 5.92 Å². The van der Waals surface area contributed by atoms with Crippen molar-refractivity contribution in [1.29, 1.82) is 0 Å². The number of aromatic nitrogens is 2. The number of methoxy groups -OCH3 is 1. The van der Waals surface area contributed by atoms with E-state index in [0.717, 1.165) is 31.2 Å². The smallest absolute Gasteiger partial charge is 0.252 e. The summed E-state index contributed by atoms with van der Waals surface area (Å²) in [7, 11) is 1.75. The Bertz CT molecular complexity index is 484. The van der Waals surface area contributed by atoms with Gasteiger partial charge in [-0.05, 0) is 12.3 Å². The first-order valence-electron chi connectivity index (χ1n) is 6.90. The number of hydrogen-bond acceptors (Lipinski definition) is 4. The lowest BCUT2D eigenvalue weighted by Crippen LogP contribution is -2.44. The maximum atomic E-state index is 11.7. The van der Waals surface area contributed by atoms with Crippen molar-refractivity contribution in [1.82, 2.24) is 9.97 Å². The van der Waals surface area contributed by atoms with Gasteiger partial charge in [-0.25, -0.2) is 4.98 Å². The molecule has 1 N–H and O–H groups in total. The highest BCUT2D eigenvalue weighted by molar-refractivity contribution is 5.38. The zero-order valence-corrected chi connectivity index (χ0v) is 12.1. The Morgan fingerprint density at radius 3 is 2.89 bits per heavy atom. The highest BCUT2D eigenvalue weighted by Crippen LogP contribution is 2.23.